The van der Waals surface area contributed by atoms with Crippen LogP contribution in [0, 0.1) is 0 Å². The summed E-state index contributed by atoms with van der Waals surface area (Å²) in [5.74, 6) is -0.189. The SMILES string of the molecule is CCC.CCOC(=O)c1cn2c(cc1=O)-c1cc(OC)c(O)cc1CC2. The van der Waals surface area contributed by atoms with Crippen LogP contribution in [0.2, 0.25) is 0 Å². The Balaban J connectivity index is 0.000000758. The van der Waals surface area contributed by atoms with Crippen LogP contribution >= 0.6 is 0 Å². The smallest absolute Gasteiger partial charge is 0.343 e. The number of benzene rings is 1. The van der Waals surface area contributed by atoms with E-state index in [4.69, 9.17) is 9.47 Å². The Morgan fingerprint density at radius 3 is 2.54 bits per heavy atom. The van der Waals surface area contributed by atoms with E-state index < -0.39 is 5.97 Å². The van der Waals surface area contributed by atoms with Crippen molar-refractivity contribution in [3.63, 3.8) is 0 Å². The summed E-state index contributed by atoms with van der Waals surface area (Å²) in [7, 11) is 1.47. The molecular formula is C20H25NO5. The number of phenolic OH excluding ortho intramolecular Hbond substituents is 1. The predicted molar refractivity (Wildman–Crippen MR) is 100.0 cm³/mol. The van der Waals surface area contributed by atoms with Gasteiger partial charge in [0.25, 0.3) is 0 Å². The lowest BCUT2D eigenvalue weighted by molar-refractivity contribution is 0.0524. The molecule has 26 heavy (non-hydrogen) atoms. The molecule has 2 aromatic rings. The van der Waals surface area contributed by atoms with Gasteiger partial charge in [0.15, 0.2) is 16.9 Å². The van der Waals surface area contributed by atoms with Crippen LogP contribution in [-0.4, -0.2) is 29.4 Å². The molecule has 1 aromatic carbocycles. The van der Waals surface area contributed by atoms with Crippen molar-refractivity contribution in [3.05, 3.63) is 45.7 Å². The molecule has 6 heteroatoms. The number of pyridine rings is 1. The van der Waals surface area contributed by atoms with E-state index in [0.717, 1.165) is 11.1 Å². The van der Waals surface area contributed by atoms with Crippen LogP contribution in [0.1, 0.15) is 43.1 Å². The lowest BCUT2D eigenvalue weighted by atomic mass is 9.96. The topological polar surface area (TPSA) is 77.8 Å². The molecule has 6 nitrogen and oxygen atoms in total. The van der Waals surface area contributed by atoms with Crippen molar-refractivity contribution in [3.8, 4) is 22.8 Å². The van der Waals surface area contributed by atoms with E-state index in [-0.39, 0.29) is 23.3 Å². The van der Waals surface area contributed by atoms with Gasteiger partial charge in [-0.05, 0) is 31.0 Å². The molecule has 1 N–H and O–H groups in total. The average molecular weight is 359 g/mol. The van der Waals surface area contributed by atoms with Crippen LogP contribution in [0.3, 0.4) is 0 Å². The van der Waals surface area contributed by atoms with Crippen LogP contribution in [0.4, 0.5) is 0 Å². The Morgan fingerprint density at radius 1 is 1.23 bits per heavy atom. The zero-order valence-electron chi connectivity index (χ0n) is 15.7. The number of hydrogen-bond acceptors (Lipinski definition) is 5. The maximum Gasteiger partial charge on any atom is 0.343 e. The zero-order chi connectivity index (χ0) is 19.3. The number of ether oxygens (including phenoxy) is 2. The Morgan fingerprint density at radius 2 is 1.92 bits per heavy atom. The summed E-state index contributed by atoms with van der Waals surface area (Å²) < 4.78 is 11.9. The number of carbonyl (C=O) groups is 1. The van der Waals surface area contributed by atoms with E-state index in [1.807, 2.05) is 4.57 Å². The van der Waals surface area contributed by atoms with Crippen molar-refractivity contribution in [2.24, 2.45) is 0 Å². The Bertz CT molecular complexity index is 854. The first-order chi connectivity index (χ1) is 12.5. The summed E-state index contributed by atoms with van der Waals surface area (Å²) in [6.07, 6.45) is 3.48. The second-order valence-corrected chi connectivity index (χ2v) is 5.99. The van der Waals surface area contributed by atoms with Gasteiger partial charge in [0.1, 0.15) is 5.56 Å². The van der Waals surface area contributed by atoms with Gasteiger partial charge < -0.3 is 19.1 Å². The molecule has 0 fully saturated rings. The number of methoxy groups -OCH3 is 1. The highest BCUT2D eigenvalue weighted by Gasteiger charge is 2.22. The summed E-state index contributed by atoms with van der Waals surface area (Å²) in [6, 6.07) is 4.79. The van der Waals surface area contributed by atoms with Gasteiger partial charge in [0.2, 0.25) is 0 Å². The van der Waals surface area contributed by atoms with Crippen molar-refractivity contribution in [1.82, 2.24) is 4.57 Å². The lowest BCUT2D eigenvalue weighted by Gasteiger charge is -2.23. The molecule has 0 aliphatic carbocycles. The molecule has 3 rings (SSSR count). The molecule has 140 valence electrons. The Kier molecular flexibility index (Phi) is 6.44. The maximum atomic E-state index is 12.2. The van der Waals surface area contributed by atoms with Gasteiger partial charge in [-0.2, -0.15) is 0 Å². The first kappa shape index (κ1) is 19.6. The Labute approximate surface area is 153 Å². The first-order valence-electron chi connectivity index (χ1n) is 8.78. The van der Waals surface area contributed by atoms with Crippen molar-refractivity contribution >= 4 is 5.97 Å². The van der Waals surface area contributed by atoms with Gasteiger partial charge in [-0.15, -0.1) is 0 Å². The van der Waals surface area contributed by atoms with E-state index in [1.54, 1.807) is 19.1 Å². The van der Waals surface area contributed by atoms with Gasteiger partial charge in [-0.1, -0.05) is 20.3 Å². The van der Waals surface area contributed by atoms with Crippen LogP contribution < -0.4 is 10.2 Å². The third-order valence-electron chi connectivity index (χ3n) is 3.93. The number of fused-ring (bicyclic) bond motifs is 3. The highest BCUT2D eigenvalue weighted by Crippen LogP contribution is 2.37. The minimum atomic E-state index is -0.609. The molecule has 2 heterocycles. The van der Waals surface area contributed by atoms with Gasteiger partial charge in [-0.3, -0.25) is 4.79 Å². The molecule has 0 spiro atoms. The molecular weight excluding hydrogens is 334 g/mol. The number of hydrogen-bond donors (Lipinski definition) is 1. The van der Waals surface area contributed by atoms with Crippen LogP contribution in [-0.2, 0) is 17.7 Å². The number of carbonyl (C=O) groups excluding carboxylic acids is 1. The van der Waals surface area contributed by atoms with Crippen LogP contribution in [0.15, 0.2) is 29.2 Å². The summed E-state index contributed by atoms with van der Waals surface area (Å²) in [6.45, 7) is 6.78. The fourth-order valence-corrected chi connectivity index (χ4v) is 2.81. The molecule has 0 saturated heterocycles. The number of aryl methyl sites for hydroxylation is 2. The average Bonchev–Trinajstić information content (AvgIpc) is 2.61. The summed E-state index contributed by atoms with van der Waals surface area (Å²) in [4.78, 5) is 24.1. The highest BCUT2D eigenvalue weighted by atomic mass is 16.5. The third kappa shape index (κ3) is 3.90. The number of aromatic nitrogens is 1. The van der Waals surface area contributed by atoms with Gasteiger partial charge in [0.05, 0.1) is 19.4 Å². The molecule has 1 aliphatic heterocycles. The molecule has 0 atom stereocenters. The van der Waals surface area contributed by atoms with Crippen LogP contribution in [0.25, 0.3) is 11.3 Å². The number of nitrogens with zero attached hydrogens (tertiary/aromatic N) is 1. The Hall–Kier alpha value is -2.76. The van der Waals surface area contributed by atoms with Gasteiger partial charge in [-0.25, -0.2) is 4.79 Å². The molecule has 1 aliphatic rings. The molecule has 0 bridgehead atoms. The fraction of sp³-hybridized carbons (Fsp3) is 0.400. The second-order valence-electron chi connectivity index (χ2n) is 5.99. The van der Waals surface area contributed by atoms with E-state index in [2.05, 4.69) is 13.8 Å². The molecule has 0 unspecified atom stereocenters. The minimum Gasteiger partial charge on any atom is -0.504 e. The monoisotopic (exact) mass is 359 g/mol. The minimum absolute atomic E-state index is 0.0322. The molecule has 0 saturated carbocycles. The quantitative estimate of drug-likeness (QED) is 0.850. The molecule has 1 aromatic heterocycles. The van der Waals surface area contributed by atoms with Crippen molar-refractivity contribution < 1.29 is 19.4 Å². The maximum absolute atomic E-state index is 12.2. The van der Waals surface area contributed by atoms with Crippen molar-refractivity contribution in [2.75, 3.05) is 13.7 Å². The first-order valence-corrected chi connectivity index (χ1v) is 8.78. The largest absolute Gasteiger partial charge is 0.504 e. The summed E-state index contributed by atoms with van der Waals surface area (Å²) in [5, 5.41) is 9.89. The number of phenols is 1. The van der Waals surface area contributed by atoms with E-state index in [1.165, 1.54) is 25.8 Å². The van der Waals surface area contributed by atoms with E-state index in [9.17, 15) is 14.7 Å². The normalized spacial score (nSPS) is 11.5. The van der Waals surface area contributed by atoms with Crippen molar-refractivity contribution in [2.45, 2.75) is 40.2 Å². The zero-order valence-corrected chi connectivity index (χ0v) is 15.7. The predicted octanol–water partition coefficient (Wildman–Crippen LogP) is 3.38. The summed E-state index contributed by atoms with van der Waals surface area (Å²) in [5.41, 5.74) is 2.10. The standard InChI is InChI=1S/C17H17NO5.C3H8/c1-3-23-17(21)12-9-18-5-4-10-6-15(20)16(22-2)7-11(10)13(18)8-14(12)19;1-3-2/h6-9,20H,3-5H2,1-2H3;3H2,1-2H3. The van der Waals surface area contributed by atoms with E-state index >= 15 is 0 Å². The number of rotatable bonds is 3. The lowest BCUT2D eigenvalue weighted by Crippen LogP contribution is -2.23. The molecule has 0 amide bonds. The van der Waals surface area contributed by atoms with Crippen molar-refractivity contribution in [1.29, 1.82) is 0 Å². The van der Waals surface area contributed by atoms with E-state index in [0.29, 0.717) is 24.4 Å². The third-order valence-corrected chi connectivity index (χ3v) is 3.93. The fourth-order valence-electron chi connectivity index (χ4n) is 2.81. The van der Waals surface area contributed by atoms with Crippen LogP contribution in [0.5, 0.6) is 11.5 Å². The second kappa shape index (κ2) is 8.56. The number of esters is 1. The molecule has 0 radical (unpaired) electrons. The van der Waals surface area contributed by atoms with Gasteiger partial charge in [0, 0.05) is 24.4 Å². The highest BCUT2D eigenvalue weighted by molar-refractivity contribution is 5.89. The van der Waals surface area contributed by atoms with Gasteiger partial charge >= 0.3 is 5.97 Å². The summed E-state index contributed by atoms with van der Waals surface area (Å²) >= 11 is 0. The number of aromatic hydroxyl groups is 1.